The lowest BCUT2D eigenvalue weighted by molar-refractivity contribution is 0.226. The summed E-state index contributed by atoms with van der Waals surface area (Å²) in [4.78, 5) is 17.2. The highest BCUT2D eigenvalue weighted by Crippen LogP contribution is 2.33. The average molecular weight is 406 g/mol. The van der Waals surface area contributed by atoms with Gasteiger partial charge in [-0.15, -0.1) is 0 Å². The minimum absolute atomic E-state index is 0.0401. The van der Waals surface area contributed by atoms with Gasteiger partial charge >= 0.3 is 0 Å². The predicted octanol–water partition coefficient (Wildman–Crippen LogP) is 6.27. The molecular formula is C24H20ClNO3. The van der Waals surface area contributed by atoms with Gasteiger partial charge in [0.2, 0.25) is 0 Å². The van der Waals surface area contributed by atoms with E-state index in [9.17, 15) is 4.79 Å². The van der Waals surface area contributed by atoms with Gasteiger partial charge in [0, 0.05) is 22.9 Å². The monoisotopic (exact) mass is 405 g/mol. The first-order valence-corrected chi connectivity index (χ1v) is 9.74. The molecule has 0 amide bonds. The molecule has 2 aromatic carbocycles. The molecule has 0 N–H and O–H groups in total. The minimum atomic E-state index is -0.395. The van der Waals surface area contributed by atoms with E-state index < -0.39 is 6.10 Å². The van der Waals surface area contributed by atoms with Gasteiger partial charge in [0.25, 0.3) is 0 Å². The van der Waals surface area contributed by atoms with Crippen LogP contribution in [-0.4, -0.2) is 4.98 Å². The van der Waals surface area contributed by atoms with E-state index in [0.29, 0.717) is 33.2 Å². The van der Waals surface area contributed by atoms with Gasteiger partial charge < -0.3 is 9.15 Å². The molecule has 5 heteroatoms. The summed E-state index contributed by atoms with van der Waals surface area (Å²) >= 11 is 6.15. The molecule has 0 saturated carbocycles. The Morgan fingerprint density at radius 2 is 1.83 bits per heavy atom. The van der Waals surface area contributed by atoms with Crippen LogP contribution in [0.15, 0.2) is 70.0 Å². The number of ether oxygens (including phenoxy) is 1. The van der Waals surface area contributed by atoms with Crippen LogP contribution in [0, 0.1) is 13.8 Å². The molecule has 4 aromatic rings. The number of pyridine rings is 1. The van der Waals surface area contributed by atoms with Crippen molar-refractivity contribution >= 4 is 22.6 Å². The molecule has 29 heavy (non-hydrogen) atoms. The third kappa shape index (κ3) is 3.64. The quantitative estimate of drug-likeness (QED) is 0.376. The van der Waals surface area contributed by atoms with Crippen molar-refractivity contribution in [3.63, 3.8) is 0 Å². The van der Waals surface area contributed by atoms with E-state index in [-0.39, 0.29) is 5.43 Å². The molecule has 4 rings (SSSR count). The summed E-state index contributed by atoms with van der Waals surface area (Å²) < 4.78 is 12.4. The maximum atomic E-state index is 13.1. The largest absolute Gasteiger partial charge is 0.483 e. The zero-order valence-electron chi connectivity index (χ0n) is 16.4. The lowest BCUT2D eigenvalue weighted by atomic mass is 10.00. The highest BCUT2D eigenvalue weighted by Gasteiger charge is 2.20. The number of hydrogen-bond acceptors (Lipinski definition) is 4. The van der Waals surface area contributed by atoms with Gasteiger partial charge in [-0.25, -0.2) is 4.98 Å². The third-order valence-corrected chi connectivity index (χ3v) is 5.18. The molecule has 0 radical (unpaired) electrons. The van der Waals surface area contributed by atoms with Gasteiger partial charge in [0.1, 0.15) is 17.4 Å². The van der Waals surface area contributed by atoms with Crippen LogP contribution in [0.5, 0.6) is 5.75 Å². The fourth-order valence-corrected chi connectivity index (χ4v) is 3.61. The molecule has 0 bridgehead atoms. The third-order valence-electron chi connectivity index (χ3n) is 4.89. The van der Waals surface area contributed by atoms with Crippen LogP contribution < -0.4 is 10.2 Å². The van der Waals surface area contributed by atoms with Crippen molar-refractivity contribution in [2.75, 3.05) is 0 Å². The number of hydrogen-bond donors (Lipinski definition) is 0. The van der Waals surface area contributed by atoms with Crippen molar-refractivity contribution in [1.82, 2.24) is 4.98 Å². The van der Waals surface area contributed by atoms with Crippen molar-refractivity contribution in [2.45, 2.75) is 26.9 Å². The number of halogens is 1. The van der Waals surface area contributed by atoms with Crippen LogP contribution in [0.25, 0.3) is 22.3 Å². The van der Waals surface area contributed by atoms with Crippen LogP contribution in [-0.2, 0) is 0 Å². The highest BCUT2D eigenvalue weighted by molar-refractivity contribution is 6.30. The summed E-state index contributed by atoms with van der Waals surface area (Å²) in [7, 11) is 0. The number of nitrogens with zero attached hydrogens (tertiary/aromatic N) is 1. The molecule has 1 atom stereocenters. The molecule has 2 aromatic heterocycles. The molecule has 0 fully saturated rings. The van der Waals surface area contributed by atoms with Gasteiger partial charge in [-0.05, 0) is 50.6 Å². The maximum absolute atomic E-state index is 13.1. The second-order valence-electron chi connectivity index (χ2n) is 7.03. The SMILES string of the molecule is Cc1cc([C@@H](C)Oc2cccnc2Cl)c2oc(-c3ccccc3)c(C)c(=O)c2c1. The van der Waals surface area contributed by atoms with Crippen LogP contribution in [0.2, 0.25) is 5.15 Å². The van der Waals surface area contributed by atoms with Crippen molar-refractivity contribution in [3.05, 3.63) is 92.9 Å². The minimum Gasteiger partial charge on any atom is -0.483 e. The Hall–Kier alpha value is -3.11. The summed E-state index contributed by atoms with van der Waals surface area (Å²) in [6, 6.07) is 17.0. The Kier molecular flexibility index (Phi) is 5.12. The van der Waals surface area contributed by atoms with Crippen LogP contribution in [0.1, 0.15) is 29.7 Å². The van der Waals surface area contributed by atoms with Crippen LogP contribution in [0.3, 0.4) is 0 Å². The molecule has 0 unspecified atom stereocenters. The Labute approximate surface area is 173 Å². The van der Waals surface area contributed by atoms with E-state index in [4.69, 9.17) is 20.8 Å². The van der Waals surface area contributed by atoms with Crippen molar-refractivity contribution in [1.29, 1.82) is 0 Å². The Bertz CT molecular complexity index is 1250. The molecule has 0 aliphatic carbocycles. The highest BCUT2D eigenvalue weighted by atomic mass is 35.5. The summed E-state index contributed by atoms with van der Waals surface area (Å²) in [5.74, 6) is 1.05. The molecular weight excluding hydrogens is 386 g/mol. The molecule has 0 aliphatic rings. The molecule has 0 aliphatic heterocycles. The standard InChI is InChI=1S/C24H20ClNO3/c1-14-12-18(16(3)28-20-10-7-11-26-24(20)25)23-19(13-14)21(27)15(2)22(29-23)17-8-5-4-6-9-17/h4-13,16H,1-3H3/t16-/m1/s1. The number of aryl methyl sites for hydroxylation is 1. The van der Waals surface area contributed by atoms with Gasteiger partial charge in [0.15, 0.2) is 16.3 Å². The van der Waals surface area contributed by atoms with Crippen molar-refractivity contribution in [3.8, 4) is 17.1 Å². The summed E-state index contributed by atoms with van der Waals surface area (Å²) in [5.41, 5.74) is 3.68. The zero-order chi connectivity index (χ0) is 20.5. The van der Waals surface area contributed by atoms with Crippen LogP contribution >= 0.6 is 11.6 Å². The molecule has 0 spiro atoms. The number of fused-ring (bicyclic) bond motifs is 1. The Balaban J connectivity index is 1.91. The van der Waals surface area contributed by atoms with Crippen molar-refractivity contribution < 1.29 is 9.15 Å². The summed E-state index contributed by atoms with van der Waals surface area (Å²) in [6.45, 7) is 5.65. The lowest BCUT2D eigenvalue weighted by Gasteiger charge is -2.18. The first kappa shape index (κ1) is 19.2. The summed E-state index contributed by atoms with van der Waals surface area (Å²) in [5, 5.41) is 0.837. The van der Waals surface area contributed by atoms with Gasteiger partial charge in [-0.1, -0.05) is 41.9 Å². The van der Waals surface area contributed by atoms with E-state index in [2.05, 4.69) is 4.98 Å². The number of rotatable bonds is 4. The zero-order valence-corrected chi connectivity index (χ0v) is 17.2. The van der Waals surface area contributed by atoms with E-state index in [0.717, 1.165) is 16.7 Å². The number of benzene rings is 2. The second kappa shape index (κ2) is 7.72. The van der Waals surface area contributed by atoms with E-state index in [1.807, 2.05) is 56.3 Å². The van der Waals surface area contributed by atoms with Gasteiger partial charge in [0.05, 0.1) is 5.39 Å². The molecule has 2 heterocycles. The number of aromatic nitrogens is 1. The Morgan fingerprint density at radius 1 is 1.07 bits per heavy atom. The topological polar surface area (TPSA) is 52.3 Å². The first-order chi connectivity index (χ1) is 14.0. The first-order valence-electron chi connectivity index (χ1n) is 9.36. The lowest BCUT2D eigenvalue weighted by Crippen LogP contribution is -2.11. The van der Waals surface area contributed by atoms with Gasteiger partial charge in [-0.3, -0.25) is 4.79 Å². The normalized spacial score (nSPS) is 12.1. The summed E-state index contributed by atoms with van der Waals surface area (Å²) in [6.07, 6.45) is 1.21. The van der Waals surface area contributed by atoms with E-state index >= 15 is 0 Å². The molecule has 146 valence electrons. The van der Waals surface area contributed by atoms with Crippen LogP contribution in [0.4, 0.5) is 0 Å². The van der Waals surface area contributed by atoms with Gasteiger partial charge in [-0.2, -0.15) is 0 Å². The predicted molar refractivity (Wildman–Crippen MR) is 116 cm³/mol. The molecule has 4 nitrogen and oxygen atoms in total. The van der Waals surface area contributed by atoms with Crippen molar-refractivity contribution in [2.24, 2.45) is 0 Å². The van der Waals surface area contributed by atoms with E-state index in [1.54, 1.807) is 25.3 Å². The molecule has 0 saturated heterocycles. The smallest absolute Gasteiger partial charge is 0.196 e. The van der Waals surface area contributed by atoms with E-state index in [1.165, 1.54) is 0 Å². The fourth-order valence-electron chi connectivity index (χ4n) is 3.45. The average Bonchev–Trinajstić information content (AvgIpc) is 2.72. The Morgan fingerprint density at radius 3 is 2.55 bits per heavy atom. The maximum Gasteiger partial charge on any atom is 0.196 e. The fraction of sp³-hybridized carbons (Fsp3) is 0.167. The second-order valence-corrected chi connectivity index (χ2v) is 7.39.